The Hall–Kier alpha value is -2.77. The Morgan fingerprint density at radius 2 is 1.83 bits per heavy atom. The first-order chi connectivity index (χ1) is 14.1. The van der Waals surface area contributed by atoms with E-state index in [1.807, 2.05) is 30.3 Å². The summed E-state index contributed by atoms with van der Waals surface area (Å²) in [5.74, 6) is 0.536. The van der Waals surface area contributed by atoms with E-state index >= 15 is 0 Å². The molecule has 0 aliphatic carbocycles. The Kier molecular flexibility index (Phi) is 5.87. The van der Waals surface area contributed by atoms with E-state index in [1.165, 1.54) is 12.1 Å². The second-order valence-electron chi connectivity index (χ2n) is 6.91. The van der Waals surface area contributed by atoms with Gasteiger partial charge in [0.05, 0.1) is 13.0 Å². The van der Waals surface area contributed by atoms with Gasteiger partial charge in [0.2, 0.25) is 17.6 Å². The lowest BCUT2D eigenvalue weighted by molar-refractivity contribution is -0.132. The zero-order valence-corrected chi connectivity index (χ0v) is 16.5. The standard InChI is InChI=1S/C21H20ClFN4O2/c22-17-7-4-8-18(23)16(17)13-20(28)27-11-9-26(10-12-27)14-19-24-21(25-29-19)15-5-2-1-3-6-15/h1-8H,9-14H2. The van der Waals surface area contributed by atoms with Crippen LogP contribution in [0, 0.1) is 5.82 Å². The van der Waals surface area contributed by atoms with Gasteiger partial charge in [0, 0.05) is 42.3 Å². The van der Waals surface area contributed by atoms with Crippen LogP contribution >= 0.6 is 11.6 Å². The molecule has 0 unspecified atom stereocenters. The van der Waals surface area contributed by atoms with Gasteiger partial charge in [-0.3, -0.25) is 9.69 Å². The van der Waals surface area contributed by atoms with Crippen molar-refractivity contribution in [1.29, 1.82) is 0 Å². The second kappa shape index (κ2) is 8.71. The molecule has 150 valence electrons. The molecule has 0 spiro atoms. The quantitative estimate of drug-likeness (QED) is 0.640. The van der Waals surface area contributed by atoms with Crippen molar-refractivity contribution in [2.24, 2.45) is 0 Å². The fourth-order valence-electron chi connectivity index (χ4n) is 3.33. The van der Waals surface area contributed by atoms with Crippen LogP contribution in [-0.4, -0.2) is 52.0 Å². The summed E-state index contributed by atoms with van der Waals surface area (Å²) in [4.78, 5) is 20.9. The molecule has 0 saturated carbocycles. The van der Waals surface area contributed by atoms with Gasteiger partial charge in [0.15, 0.2) is 0 Å². The molecule has 1 saturated heterocycles. The van der Waals surface area contributed by atoms with Gasteiger partial charge < -0.3 is 9.42 Å². The maximum Gasteiger partial charge on any atom is 0.241 e. The van der Waals surface area contributed by atoms with Crippen LogP contribution in [0.4, 0.5) is 4.39 Å². The summed E-state index contributed by atoms with van der Waals surface area (Å²) in [7, 11) is 0. The average molecular weight is 415 g/mol. The number of benzene rings is 2. The number of carbonyl (C=O) groups excluding carboxylic acids is 1. The van der Waals surface area contributed by atoms with E-state index in [2.05, 4.69) is 15.0 Å². The van der Waals surface area contributed by atoms with Gasteiger partial charge >= 0.3 is 0 Å². The highest BCUT2D eigenvalue weighted by atomic mass is 35.5. The highest BCUT2D eigenvalue weighted by Crippen LogP contribution is 2.21. The molecule has 0 radical (unpaired) electrons. The van der Waals surface area contributed by atoms with Crippen LogP contribution in [0.1, 0.15) is 11.5 Å². The van der Waals surface area contributed by atoms with Crippen LogP contribution in [0.2, 0.25) is 5.02 Å². The molecule has 6 nitrogen and oxygen atoms in total. The second-order valence-corrected chi connectivity index (χ2v) is 7.32. The van der Waals surface area contributed by atoms with Crippen molar-refractivity contribution in [1.82, 2.24) is 19.9 Å². The minimum Gasteiger partial charge on any atom is -0.340 e. The third-order valence-electron chi connectivity index (χ3n) is 4.97. The van der Waals surface area contributed by atoms with Crippen LogP contribution in [0.15, 0.2) is 53.1 Å². The number of rotatable bonds is 5. The molecule has 8 heteroatoms. The number of amides is 1. The molecule has 1 fully saturated rings. The summed E-state index contributed by atoms with van der Waals surface area (Å²) in [5, 5.41) is 4.31. The van der Waals surface area contributed by atoms with Crippen LogP contribution < -0.4 is 0 Å². The monoisotopic (exact) mass is 414 g/mol. The summed E-state index contributed by atoms with van der Waals surface area (Å²) in [6, 6.07) is 14.1. The summed E-state index contributed by atoms with van der Waals surface area (Å²) in [6.07, 6.45) is -0.0321. The molecule has 2 heterocycles. The lowest BCUT2D eigenvalue weighted by Crippen LogP contribution is -2.48. The molecule has 2 aromatic carbocycles. The van der Waals surface area contributed by atoms with Crippen molar-refractivity contribution in [2.75, 3.05) is 26.2 Å². The van der Waals surface area contributed by atoms with Crippen molar-refractivity contribution < 1.29 is 13.7 Å². The van der Waals surface area contributed by atoms with E-state index < -0.39 is 5.82 Å². The average Bonchev–Trinajstić information content (AvgIpc) is 3.20. The van der Waals surface area contributed by atoms with E-state index in [-0.39, 0.29) is 22.9 Å². The smallest absolute Gasteiger partial charge is 0.241 e. The van der Waals surface area contributed by atoms with Gasteiger partial charge in [-0.05, 0) is 12.1 Å². The molecule has 0 bridgehead atoms. The van der Waals surface area contributed by atoms with Crippen molar-refractivity contribution >= 4 is 17.5 Å². The number of piperazine rings is 1. The van der Waals surface area contributed by atoms with E-state index in [4.69, 9.17) is 16.1 Å². The zero-order valence-electron chi connectivity index (χ0n) is 15.7. The molecule has 1 aromatic heterocycles. The van der Waals surface area contributed by atoms with E-state index in [9.17, 15) is 9.18 Å². The first kappa shape index (κ1) is 19.5. The summed E-state index contributed by atoms with van der Waals surface area (Å²) >= 11 is 6.03. The van der Waals surface area contributed by atoms with Gasteiger partial charge in [-0.2, -0.15) is 4.98 Å². The number of halogens is 2. The number of aromatic nitrogens is 2. The van der Waals surface area contributed by atoms with E-state index in [1.54, 1.807) is 11.0 Å². The summed E-state index contributed by atoms with van der Waals surface area (Å²) < 4.78 is 19.3. The Bertz CT molecular complexity index is 967. The van der Waals surface area contributed by atoms with Crippen molar-refractivity contribution in [3.05, 3.63) is 70.8 Å². The van der Waals surface area contributed by atoms with E-state index in [0.717, 1.165) is 5.56 Å². The lowest BCUT2D eigenvalue weighted by atomic mass is 10.1. The Labute approximate surface area is 172 Å². The van der Waals surface area contributed by atoms with Gasteiger partial charge in [0.25, 0.3) is 0 Å². The fraction of sp³-hybridized carbons (Fsp3) is 0.286. The minimum absolute atomic E-state index is 0.0321. The molecule has 1 aliphatic rings. The molecule has 3 aromatic rings. The predicted molar refractivity (Wildman–Crippen MR) is 107 cm³/mol. The zero-order chi connectivity index (χ0) is 20.2. The highest BCUT2D eigenvalue weighted by Gasteiger charge is 2.24. The molecular weight excluding hydrogens is 395 g/mol. The Morgan fingerprint density at radius 3 is 2.55 bits per heavy atom. The van der Waals surface area contributed by atoms with Crippen LogP contribution in [-0.2, 0) is 17.8 Å². The number of hydrogen-bond acceptors (Lipinski definition) is 5. The van der Waals surface area contributed by atoms with Crippen LogP contribution in [0.5, 0.6) is 0 Å². The minimum atomic E-state index is -0.449. The van der Waals surface area contributed by atoms with Crippen molar-refractivity contribution in [3.8, 4) is 11.4 Å². The van der Waals surface area contributed by atoms with Gasteiger partial charge in [-0.15, -0.1) is 0 Å². The topological polar surface area (TPSA) is 62.5 Å². The van der Waals surface area contributed by atoms with Gasteiger partial charge in [-0.25, -0.2) is 4.39 Å². The molecule has 1 aliphatic heterocycles. The molecule has 4 rings (SSSR count). The SMILES string of the molecule is O=C(Cc1c(F)cccc1Cl)N1CCN(Cc2nc(-c3ccccc3)no2)CC1. The van der Waals surface area contributed by atoms with Gasteiger partial charge in [-0.1, -0.05) is 53.2 Å². The van der Waals surface area contributed by atoms with Crippen LogP contribution in [0.25, 0.3) is 11.4 Å². The first-order valence-corrected chi connectivity index (χ1v) is 9.79. The number of carbonyl (C=O) groups is 1. The molecule has 0 atom stereocenters. The summed E-state index contributed by atoms with van der Waals surface area (Å²) in [6.45, 7) is 3.01. The number of nitrogens with zero attached hydrogens (tertiary/aromatic N) is 4. The molecule has 1 amide bonds. The third-order valence-corrected chi connectivity index (χ3v) is 5.33. The van der Waals surface area contributed by atoms with Crippen molar-refractivity contribution in [2.45, 2.75) is 13.0 Å². The van der Waals surface area contributed by atoms with E-state index in [0.29, 0.717) is 44.4 Å². The van der Waals surface area contributed by atoms with Crippen molar-refractivity contribution in [3.63, 3.8) is 0 Å². The normalized spacial score (nSPS) is 14.9. The molecular formula is C21H20ClFN4O2. The van der Waals surface area contributed by atoms with Gasteiger partial charge in [0.1, 0.15) is 5.82 Å². The first-order valence-electron chi connectivity index (χ1n) is 9.41. The number of hydrogen-bond donors (Lipinski definition) is 0. The predicted octanol–water partition coefficient (Wildman–Crippen LogP) is 3.42. The highest BCUT2D eigenvalue weighted by molar-refractivity contribution is 6.31. The maximum atomic E-state index is 13.9. The Balaban J connectivity index is 1.31. The lowest BCUT2D eigenvalue weighted by Gasteiger charge is -2.34. The maximum absolute atomic E-state index is 13.9. The molecule has 29 heavy (non-hydrogen) atoms. The summed E-state index contributed by atoms with van der Waals surface area (Å²) in [5.41, 5.74) is 1.16. The van der Waals surface area contributed by atoms with Crippen LogP contribution in [0.3, 0.4) is 0 Å². The third kappa shape index (κ3) is 4.63. The molecule has 0 N–H and O–H groups in total. The largest absolute Gasteiger partial charge is 0.340 e. The fourth-order valence-corrected chi connectivity index (χ4v) is 3.56. The Morgan fingerprint density at radius 1 is 1.07 bits per heavy atom.